The summed E-state index contributed by atoms with van der Waals surface area (Å²) in [5.41, 5.74) is 2.11. The molecule has 0 aliphatic rings. The monoisotopic (exact) mass is 644 g/mol. The Hall–Kier alpha value is -2.95. The molecule has 0 spiro atoms. The lowest BCUT2D eigenvalue weighted by atomic mass is 10.1. The minimum Gasteiger partial charge on any atom is -0.490 e. The van der Waals surface area contributed by atoms with Crippen molar-refractivity contribution in [1.29, 1.82) is 0 Å². The van der Waals surface area contributed by atoms with E-state index in [0.29, 0.717) is 71.1 Å². The number of carbonyl (C=O) groups is 2. The third kappa shape index (κ3) is 9.83. The second-order valence-electron chi connectivity index (χ2n) is 8.43. The molecule has 0 unspecified atom stereocenters. The van der Waals surface area contributed by atoms with Crippen molar-refractivity contribution in [3.8, 4) is 11.5 Å². The van der Waals surface area contributed by atoms with Gasteiger partial charge in [0.25, 0.3) is 0 Å². The Morgan fingerprint density at radius 3 is 2.10 bits per heavy atom. The van der Waals surface area contributed by atoms with Crippen molar-refractivity contribution >= 4 is 69.7 Å². The normalized spacial score (nSPS) is 10.7. The van der Waals surface area contributed by atoms with Crippen LogP contribution in [0.5, 0.6) is 11.5 Å². The summed E-state index contributed by atoms with van der Waals surface area (Å²) in [4.78, 5) is 27.4. The molecule has 1 N–H and O–H groups in total. The van der Waals surface area contributed by atoms with E-state index in [0.717, 1.165) is 5.56 Å². The summed E-state index contributed by atoms with van der Waals surface area (Å²) < 4.78 is 26.5. The molecule has 1 heterocycles. The van der Waals surface area contributed by atoms with Gasteiger partial charge in [-0.15, -0.1) is 0 Å². The molecule has 0 fully saturated rings. The molecule has 0 saturated carbocycles. The number of halogens is 4. The number of pyridine rings is 1. The van der Waals surface area contributed by atoms with Crippen LogP contribution in [-0.4, -0.2) is 57.6 Å². The highest BCUT2D eigenvalue weighted by atomic mass is 35.5. The second kappa shape index (κ2) is 16.5. The summed E-state index contributed by atoms with van der Waals surface area (Å²) >= 11 is 25.4. The van der Waals surface area contributed by atoms with E-state index in [1.54, 1.807) is 30.3 Å². The molecule has 0 amide bonds. The third-order valence-corrected chi connectivity index (χ3v) is 6.68. The maximum Gasteiger partial charge on any atom is 0.340 e. The Morgan fingerprint density at radius 1 is 0.829 bits per heavy atom. The van der Waals surface area contributed by atoms with Crippen LogP contribution in [0.3, 0.4) is 0 Å². The van der Waals surface area contributed by atoms with Gasteiger partial charge in [-0.2, -0.15) is 0 Å². The van der Waals surface area contributed by atoms with E-state index in [2.05, 4.69) is 15.0 Å². The number of methoxy groups -OCH3 is 2. The van der Waals surface area contributed by atoms with Gasteiger partial charge < -0.3 is 29.0 Å². The number of benzene rings is 2. The van der Waals surface area contributed by atoms with Crippen molar-refractivity contribution in [3.63, 3.8) is 0 Å². The van der Waals surface area contributed by atoms with Gasteiger partial charge in [-0.25, -0.2) is 4.79 Å². The molecule has 3 aromatic rings. The fourth-order valence-electron chi connectivity index (χ4n) is 3.59. The van der Waals surface area contributed by atoms with Crippen molar-refractivity contribution in [3.05, 3.63) is 73.9 Å². The highest BCUT2D eigenvalue weighted by molar-refractivity contribution is 6.38. The number of esters is 2. The van der Waals surface area contributed by atoms with Gasteiger partial charge in [0.2, 0.25) is 0 Å². The zero-order chi connectivity index (χ0) is 29.8. The van der Waals surface area contributed by atoms with Gasteiger partial charge in [-0.3, -0.25) is 9.78 Å². The summed E-state index contributed by atoms with van der Waals surface area (Å²) in [5, 5.41) is 4.36. The molecule has 41 heavy (non-hydrogen) atoms. The quantitative estimate of drug-likeness (QED) is 0.136. The minimum atomic E-state index is -0.506. The fraction of sp³-hybridized carbons (Fsp3) is 0.321. The Bertz CT molecular complexity index is 1310. The first-order valence-electron chi connectivity index (χ1n) is 12.4. The Balaban J connectivity index is 1.40. The number of hydrogen-bond donors (Lipinski definition) is 1. The number of rotatable bonds is 15. The average Bonchev–Trinajstić information content (AvgIpc) is 2.95. The highest BCUT2D eigenvalue weighted by Crippen LogP contribution is 2.37. The molecule has 3 rings (SSSR count). The number of anilines is 2. The number of aromatic nitrogens is 1. The smallest absolute Gasteiger partial charge is 0.340 e. The molecule has 9 nitrogen and oxygen atoms in total. The lowest BCUT2D eigenvalue weighted by molar-refractivity contribution is -0.140. The van der Waals surface area contributed by atoms with Gasteiger partial charge in [0.1, 0.15) is 6.61 Å². The van der Waals surface area contributed by atoms with Crippen molar-refractivity contribution in [2.24, 2.45) is 0 Å². The summed E-state index contributed by atoms with van der Waals surface area (Å²) in [7, 11) is 2.64. The zero-order valence-corrected chi connectivity index (χ0v) is 25.3. The van der Waals surface area contributed by atoms with Gasteiger partial charge in [0.15, 0.2) is 11.5 Å². The van der Waals surface area contributed by atoms with Crippen LogP contribution in [0.4, 0.5) is 11.4 Å². The Morgan fingerprint density at radius 2 is 1.46 bits per heavy atom. The van der Waals surface area contributed by atoms with Crippen LogP contribution in [0, 0.1) is 0 Å². The van der Waals surface area contributed by atoms with E-state index >= 15 is 0 Å². The van der Waals surface area contributed by atoms with Crippen molar-refractivity contribution in [1.82, 2.24) is 4.98 Å². The van der Waals surface area contributed by atoms with Crippen molar-refractivity contribution in [2.75, 3.05) is 46.0 Å². The molecule has 0 atom stereocenters. The first-order chi connectivity index (χ1) is 19.7. The molecular formula is C28H28Cl4N2O7. The SMILES string of the molecule is COC(=O)CCc1cc(Cl)c(OCCCOCCOc2c(Cl)cc(Nc3cnccc3C(=O)OC)cc2Cl)c(Cl)c1. The molecule has 0 saturated heterocycles. The van der Waals surface area contributed by atoms with Gasteiger partial charge in [-0.05, 0) is 42.3 Å². The molecule has 0 aliphatic carbocycles. The van der Waals surface area contributed by atoms with Crippen molar-refractivity contribution < 1.29 is 33.3 Å². The van der Waals surface area contributed by atoms with E-state index < -0.39 is 5.97 Å². The fourth-order valence-corrected chi connectivity index (χ4v) is 4.83. The summed E-state index contributed by atoms with van der Waals surface area (Å²) in [5.74, 6) is -0.123. The maximum atomic E-state index is 12.0. The van der Waals surface area contributed by atoms with Crippen molar-refractivity contribution in [2.45, 2.75) is 19.3 Å². The van der Waals surface area contributed by atoms with Gasteiger partial charge in [0.05, 0.1) is 65.0 Å². The molecule has 2 aromatic carbocycles. The number of nitrogens with zero attached hydrogens (tertiary/aromatic N) is 1. The van der Waals surface area contributed by atoms with Crippen LogP contribution in [-0.2, 0) is 25.4 Å². The standard InChI is InChI=1S/C28H28Cl4N2O7/c1-37-25(35)5-4-17-12-20(29)26(21(30)13-17)40-9-3-8-39-10-11-41-27-22(31)14-18(15-23(27)32)34-24-16-33-7-6-19(24)28(36)38-2/h6-7,12-16,34H,3-5,8-11H2,1-2H3. The van der Waals surface area contributed by atoms with Crippen LogP contribution >= 0.6 is 46.4 Å². The average molecular weight is 646 g/mol. The molecular weight excluding hydrogens is 618 g/mol. The largest absolute Gasteiger partial charge is 0.490 e. The van der Waals surface area contributed by atoms with E-state index in [1.807, 2.05) is 0 Å². The zero-order valence-electron chi connectivity index (χ0n) is 22.3. The van der Waals surface area contributed by atoms with Crippen LogP contribution in [0.15, 0.2) is 42.7 Å². The van der Waals surface area contributed by atoms with Crippen LogP contribution in [0.2, 0.25) is 20.1 Å². The minimum absolute atomic E-state index is 0.215. The lowest BCUT2D eigenvalue weighted by Crippen LogP contribution is -2.10. The summed E-state index contributed by atoms with van der Waals surface area (Å²) in [6.45, 7) is 1.25. The molecule has 13 heteroatoms. The van der Waals surface area contributed by atoms with Crippen LogP contribution in [0.25, 0.3) is 0 Å². The van der Waals surface area contributed by atoms with Gasteiger partial charge >= 0.3 is 11.9 Å². The van der Waals surface area contributed by atoms with Gasteiger partial charge in [0, 0.05) is 31.3 Å². The number of ether oxygens (including phenoxy) is 5. The topological polar surface area (TPSA) is 105 Å². The summed E-state index contributed by atoms with van der Waals surface area (Å²) in [6.07, 6.45) is 4.26. The molecule has 220 valence electrons. The van der Waals surface area contributed by atoms with E-state index in [9.17, 15) is 9.59 Å². The first kappa shape index (κ1) is 32.6. The van der Waals surface area contributed by atoms with E-state index in [4.69, 9.17) is 65.4 Å². The number of carbonyl (C=O) groups excluding carboxylic acids is 2. The van der Waals surface area contributed by atoms with Crippen LogP contribution in [0.1, 0.15) is 28.8 Å². The maximum absolute atomic E-state index is 12.0. The van der Waals surface area contributed by atoms with E-state index in [1.165, 1.54) is 26.6 Å². The Kier molecular flexibility index (Phi) is 13.1. The lowest BCUT2D eigenvalue weighted by Gasteiger charge is -2.14. The Labute approximate surface area is 257 Å². The molecule has 1 aromatic heterocycles. The number of nitrogens with one attached hydrogen (secondary N) is 1. The predicted octanol–water partition coefficient (Wildman–Crippen LogP) is 7.20. The molecule has 0 radical (unpaired) electrons. The second-order valence-corrected chi connectivity index (χ2v) is 10.1. The highest BCUT2D eigenvalue weighted by Gasteiger charge is 2.15. The van der Waals surface area contributed by atoms with Gasteiger partial charge in [-0.1, -0.05) is 46.4 Å². The molecule has 0 aliphatic heterocycles. The summed E-state index contributed by atoms with van der Waals surface area (Å²) in [6, 6.07) is 8.22. The number of hydrogen-bond acceptors (Lipinski definition) is 9. The van der Waals surface area contributed by atoms with Crippen LogP contribution < -0.4 is 14.8 Å². The third-order valence-electron chi connectivity index (χ3n) is 5.56. The molecule has 0 bridgehead atoms. The first-order valence-corrected chi connectivity index (χ1v) is 13.9. The number of aryl methyl sites for hydroxylation is 1. The predicted molar refractivity (Wildman–Crippen MR) is 159 cm³/mol. The van der Waals surface area contributed by atoms with E-state index in [-0.39, 0.29) is 29.0 Å².